The van der Waals surface area contributed by atoms with E-state index in [4.69, 9.17) is 5.11 Å². The molecule has 0 aliphatic heterocycles. The van der Waals surface area contributed by atoms with E-state index in [-0.39, 0.29) is 5.78 Å². The van der Waals surface area contributed by atoms with Crippen LogP contribution in [-0.4, -0.2) is 17.0 Å². The van der Waals surface area contributed by atoms with Gasteiger partial charge in [0.25, 0.3) is 0 Å². The van der Waals surface area contributed by atoms with Gasteiger partial charge in [0.05, 0.1) is 6.10 Å². The van der Waals surface area contributed by atoms with Gasteiger partial charge in [-0.05, 0) is 19.8 Å². The topological polar surface area (TPSA) is 37.3 Å². The summed E-state index contributed by atoms with van der Waals surface area (Å²) in [6, 6.07) is 0. The summed E-state index contributed by atoms with van der Waals surface area (Å²) in [4.78, 5) is 11.0. The summed E-state index contributed by atoms with van der Waals surface area (Å²) in [7, 11) is 0. The number of rotatable bonds is 1. The maximum absolute atomic E-state index is 11.0. The van der Waals surface area contributed by atoms with Crippen LogP contribution >= 0.6 is 0 Å². The van der Waals surface area contributed by atoms with Crippen molar-refractivity contribution in [3.63, 3.8) is 0 Å². The molecule has 0 aromatic heterocycles. The molecule has 2 nitrogen and oxygen atoms in total. The first-order chi connectivity index (χ1) is 4.72. The smallest absolute Gasteiger partial charge is 0.161 e. The Hall–Kier alpha value is -0.630. The molecule has 1 aliphatic rings. The first-order valence-electron chi connectivity index (χ1n) is 3.63. The SMILES string of the molecule is CC(O)C1=CCCCC1=O. The number of carbonyl (C=O) groups excluding carboxylic acids is 1. The number of ketones is 1. The predicted octanol–water partition coefficient (Wildman–Crippen LogP) is 1.05. The Kier molecular flexibility index (Phi) is 2.22. The number of aliphatic hydroxyl groups excluding tert-OH is 1. The third kappa shape index (κ3) is 1.45. The lowest BCUT2D eigenvalue weighted by atomic mass is 9.95. The Balaban J connectivity index is 2.71. The van der Waals surface area contributed by atoms with Crippen molar-refractivity contribution in [1.82, 2.24) is 0 Å². The molecule has 56 valence electrons. The highest BCUT2D eigenvalue weighted by Crippen LogP contribution is 2.16. The minimum atomic E-state index is -0.576. The van der Waals surface area contributed by atoms with E-state index in [0.717, 1.165) is 12.8 Å². The van der Waals surface area contributed by atoms with Gasteiger partial charge in [0, 0.05) is 12.0 Å². The lowest BCUT2D eigenvalue weighted by Gasteiger charge is -2.13. The highest BCUT2D eigenvalue weighted by atomic mass is 16.3. The van der Waals surface area contributed by atoms with Crippen LogP contribution in [0.15, 0.2) is 11.6 Å². The molecule has 1 unspecified atom stereocenters. The average molecular weight is 140 g/mol. The Morgan fingerprint density at radius 2 is 2.40 bits per heavy atom. The fraction of sp³-hybridized carbons (Fsp3) is 0.625. The molecule has 0 radical (unpaired) electrons. The van der Waals surface area contributed by atoms with Crippen molar-refractivity contribution in [2.45, 2.75) is 32.3 Å². The van der Waals surface area contributed by atoms with Crippen molar-refractivity contribution in [1.29, 1.82) is 0 Å². The molecular weight excluding hydrogens is 128 g/mol. The van der Waals surface area contributed by atoms with Crippen LogP contribution in [0, 0.1) is 0 Å². The minimum absolute atomic E-state index is 0.112. The van der Waals surface area contributed by atoms with E-state index in [1.54, 1.807) is 6.92 Å². The number of allylic oxidation sites excluding steroid dienone is 1. The molecule has 0 fully saturated rings. The minimum Gasteiger partial charge on any atom is -0.389 e. The normalized spacial score (nSPS) is 22.2. The van der Waals surface area contributed by atoms with Crippen LogP contribution < -0.4 is 0 Å². The van der Waals surface area contributed by atoms with Crippen LogP contribution in [0.4, 0.5) is 0 Å². The Morgan fingerprint density at radius 1 is 1.70 bits per heavy atom. The second-order valence-electron chi connectivity index (χ2n) is 2.65. The zero-order valence-electron chi connectivity index (χ0n) is 6.13. The van der Waals surface area contributed by atoms with E-state index in [1.807, 2.05) is 6.08 Å². The first kappa shape index (κ1) is 7.48. The molecule has 0 amide bonds. The van der Waals surface area contributed by atoms with Crippen molar-refractivity contribution in [3.05, 3.63) is 11.6 Å². The zero-order chi connectivity index (χ0) is 7.56. The van der Waals surface area contributed by atoms with Crippen LogP contribution in [0.1, 0.15) is 26.2 Å². The van der Waals surface area contributed by atoms with Crippen LogP contribution in [0.5, 0.6) is 0 Å². The van der Waals surface area contributed by atoms with Gasteiger partial charge in [-0.15, -0.1) is 0 Å². The van der Waals surface area contributed by atoms with E-state index in [9.17, 15) is 4.79 Å². The number of carbonyl (C=O) groups is 1. The standard InChI is InChI=1S/C8H12O2/c1-6(9)7-4-2-3-5-8(7)10/h4,6,9H,2-3,5H2,1H3. The monoisotopic (exact) mass is 140 g/mol. The van der Waals surface area contributed by atoms with Crippen molar-refractivity contribution >= 4 is 5.78 Å². The Labute approximate surface area is 60.6 Å². The summed E-state index contributed by atoms with van der Waals surface area (Å²) in [6.45, 7) is 1.63. The van der Waals surface area contributed by atoms with Gasteiger partial charge in [-0.3, -0.25) is 4.79 Å². The van der Waals surface area contributed by atoms with Crippen molar-refractivity contribution in [3.8, 4) is 0 Å². The van der Waals surface area contributed by atoms with Gasteiger partial charge in [-0.2, -0.15) is 0 Å². The largest absolute Gasteiger partial charge is 0.389 e. The van der Waals surface area contributed by atoms with E-state index < -0.39 is 6.10 Å². The molecule has 0 saturated carbocycles. The maximum atomic E-state index is 11.0. The number of Topliss-reactive ketones (excluding diaryl/α,β-unsaturated/α-hetero) is 1. The Morgan fingerprint density at radius 3 is 2.80 bits per heavy atom. The molecule has 1 rings (SSSR count). The van der Waals surface area contributed by atoms with Gasteiger partial charge in [0.15, 0.2) is 5.78 Å². The van der Waals surface area contributed by atoms with E-state index in [0.29, 0.717) is 12.0 Å². The number of hydrogen-bond acceptors (Lipinski definition) is 2. The highest BCUT2D eigenvalue weighted by Gasteiger charge is 2.16. The van der Waals surface area contributed by atoms with Gasteiger partial charge >= 0.3 is 0 Å². The molecule has 0 spiro atoms. The average Bonchev–Trinajstić information content (AvgIpc) is 1.88. The summed E-state index contributed by atoms with van der Waals surface area (Å²) < 4.78 is 0. The number of aliphatic hydroxyl groups is 1. The molecule has 0 aromatic rings. The van der Waals surface area contributed by atoms with Gasteiger partial charge in [-0.1, -0.05) is 6.08 Å². The molecule has 0 saturated heterocycles. The summed E-state index contributed by atoms with van der Waals surface area (Å²) in [5.41, 5.74) is 0.603. The van der Waals surface area contributed by atoms with E-state index in [2.05, 4.69) is 0 Å². The lowest BCUT2D eigenvalue weighted by molar-refractivity contribution is -0.116. The maximum Gasteiger partial charge on any atom is 0.161 e. The fourth-order valence-corrected chi connectivity index (χ4v) is 1.18. The van der Waals surface area contributed by atoms with Crippen LogP contribution in [0.2, 0.25) is 0 Å². The van der Waals surface area contributed by atoms with Gasteiger partial charge in [0.1, 0.15) is 0 Å². The third-order valence-electron chi connectivity index (χ3n) is 1.74. The zero-order valence-corrected chi connectivity index (χ0v) is 6.13. The molecule has 1 N–H and O–H groups in total. The van der Waals surface area contributed by atoms with Crippen molar-refractivity contribution in [2.24, 2.45) is 0 Å². The van der Waals surface area contributed by atoms with Crippen LogP contribution in [0.25, 0.3) is 0 Å². The lowest BCUT2D eigenvalue weighted by Crippen LogP contribution is -2.17. The van der Waals surface area contributed by atoms with Gasteiger partial charge in [-0.25, -0.2) is 0 Å². The molecule has 1 aliphatic carbocycles. The highest BCUT2D eigenvalue weighted by molar-refractivity contribution is 5.96. The molecular formula is C8H12O2. The summed E-state index contributed by atoms with van der Waals surface area (Å²) in [6.07, 6.45) is 3.75. The van der Waals surface area contributed by atoms with E-state index >= 15 is 0 Å². The Bertz CT molecular complexity index is 168. The molecule has 0 aromatic carbocycles. The fourth-order valence-electron chi connectivity index (χ4n) is 1.18. The summed E-state index contributed by atoms with van der Waals surface area (Å²) in [5, 5.41) is 9.06. The second-order valence-corrected chi connectivity index (χ2v) is 2.65. The van der Waals surface area contributed by atoms with Gasteiger partial charge in [0.2, 0.25) is 0 Å². The van der Waals surface area contributed by atoms with Crippen LogP contribution in [0.3, 0.4) is 0 Å². The third-order valence-corrected chi connectivity index (χ3v) is 1.74. The summed E-state index contributed by atoms with van der Waals surface area (Å²) >= 11 is 0. The van der Waals surface area contributed by atoms with E-state index in [1.165, 1.54) is 0 Å². The van der Waals surface area contributed by atoms with Crippen LogP contribution in [-0.2, 0) is 4.79 Å². The molecule has 2 heteroatoms. The quantitative estimate of drug-likeness (QED) is 0.591. The first-order valence-corrected chi connectivity index (χ1v) is 3.63. The molecule has 1 atom stereocenters. The predicted molar refractivity (Wildman–Crippen MR) is 38.6 cm³/mol. The second kappa shape index (κ2) is 2.97. The molecule has 10 heavy (non-hydrogen) atoms. The van der Waals surface area contributed by atoms with Crippen molar-refractivity contribution < 1.29 is 9.90 Å². The molecule has 0 heterocycles. The van der Waals surface area contributed by atoms with Gasteiger partial charge < -0.3 is 5.11 Å². The number of hydrogen-bond donors (Lipinski definition) is 1. The summed E-state index contributed by atoms with van der Waals surface area (Å²) in [5.74, 6) is 0.112. The molecule has 0 bridgehead atoms. The van der Waals surface area contributed by atoms with Crippen molar-refractivity contribution in [2.75, 3.05) is 0 Å².